The summed E-state index contributed by atoms with van der Waals surface area (Å²) in [7, 11) is 0. The molecule has 1 saturated carbocycles. The summed E-state index contributed by atoms with van der Waals surface area (Å²) in [6, 6.07) is 0. The van der Waals surface area contributed by atoms with Crippen LogP contribution in [0.3, 0.4) is 0 Å². The van der Waals surface area contributed by atoms with Gasteiger partial charge in [0, 0.05) is 12.8 Å². The molecule has 58 valence electrons. The van der Waals surface area contributed by atoms with Gasteiger partial charge in [-0.05, 0) is 12.3 Å². The molecule has 0 heterocycles. The van der Waals surface area contributed by atoms with Gasteiger partial charge in [-0.15, -0.1) is 0 Å². The number of hydrogen-bond donors (Lipinski definition) is 0. The van der Waals surface area contributed by atoms with Crippen molar-refractivity contribution in [2.75, 3.05) is 0 Å². The molecule has 0 radical (unpaired) electrons. The zero-order valence-electron chi connectivity index (χ0n) is 6.73. The van der Waals surface area contributed by atoms with E-state index in [9.17, 15) is 4.79 Å². The van der Waals surface area contributed by atoms with E-state index in [0.29, 0.717) is 5.78 Å². The Morgan fingerprint density at radius 3 is 2.70 bits per heavy atom. The van der Waals surface area contributed by atoms with Crippen LogP contribution < -0.4 is 0 Å². The van der Waals surface area contributed by atoms with Crippen molar-refractivity contribution in [3.8, 4) is 0 Å². The first-order chi connectivity index (χ1) is 4.83. The zero-order valence-corrected chi connectivity index (χ0v) is 6.73. The molecule has 1 aliphatic carbocycles. The summed E-state index contributed by atoms with van der Waals surface area (Å²) in [4.78, 5) is 10.8. The summed E-state index contributed by atoms with van der Waals surface area (Å²) >= 11 is 0. The lowest BCUT2D eigenvalue weighted by Crippen LogP contribution is -1.94. The largest absolute Gasteiger partial charge is 0.300 e. The molecule has 1 nitrogen and oxygen atoms in total. The molecular formula is C9H16O. The molecule has 0 unspecified atom stereocenters. The molecule has 0 N–H and O–H groups in total. The van der Waals surface area contributed by atoms with Crippen LogP contribution in [0.15, 0.2) is 0 Å². The van der Waals surface area contributed by atoms with Crippen molar-refractivity contribution in [1.82, 2.24) is 0 Å². The van der Waals surface area contributed by atoms with Gasteiger partial charge in [-0.25, -0.2) is 0 Å². The lowest BCUT2D eigenvalue weighted by molar-refractivity contribution is -0.118. The third kappa shape index (κ3) is 3.00. The normalized spacial score (nSPS) is 17.3. The fourth-order valence-electron chi connectivity index (χ4n) is 1.17. The third-order valence-electron chi connectivity index (χ3n) is 2.16. The molecule has 1 heteroatoms. The first-order valence-electron chi connectivity index (χ1n) is 4.34. The van der Waals surface area contributed by atoms with E-state index in [1.807, 2.05) is 6.92 Å². The first-order valence-corrected chi connectivity index (χ1v) is 4.34. The van der Waals surface area contributed by atoms with Gasteiger partial charge in [-0.3, -0.25) is 4.79 Å². The Hall–Kier alpha value is -0.330. The molecule has 1 fully saturated rings. The molecule has 0 atom stereocenters. The van der Waals surface area contributed by atoms with Gasteiger partial charge < -0.3 is 0 Å². The fraction of sp³-hybridized carbons (Fsp3) is 0.889. The molecule has 0 saturated heterocycles. The maximum atomic E-state index is 10.8. The summed E-state index contributed by atoms with van der Waals surface area (Å²) in [6.45, 7) is 1.94. The Kier molecular flexibility index (Phi) is 2.91. The average Bonchev–Trinajstić information content (AvgIpc) is 2.71. The maximum Gasteiger partial charge on any atom is 0.132 e. The minimum atomic E-state index is 0.431. The summed E-state index contributed by atoms with van der Waals surface area (Å²) in [6.07, 6.45) is 6.82. The van der Waals surface area contributed by atoms with Gasteiger partial charge in [0.25, 0.3) is 0 Å². The number of ketones is 1. The average molecular weight is 140 g/mol. The van der Waals surface area contributed by atoms with E-state index < -0.39 is 0 Å². The molecule has 0 aromatic rings. The van der Waals surface area contributed by atoms with E-state index in [1.54, 1.807) is 0 Å². The highest BCUT2D eigenvalue weighted by molar-refractivity contribution is 5.77. The zero-order chi connectivity index (χ0) is 7.40. The number of carbonyl (C=O) groups is 1. The SMILES string of the molecule is CCC(=O)CCCC1CC1. The van der Waals surface area contributed by atoms with Gasteiger partial charge >= 0.3 is 0 Å². The molecule has 0 aromatic carbocycles. The van der Waals surface area contributed by atoms with Gasteiger partial charge in [0.1, 0.15) is 5.78 Å². The summed E-state index contributed by atoms with van der Waals surface area (Å²) in [5, 5.41) is 0. The van der Waals surface area contributed by atoms with Crippen molar-refractivity contribution in [2.45, 2.75) is 45.4 Å². The molecule has 0 spiro atoms. The van der Waals surface area contributed by atoms with E-state index in [4.69, 9.17) is 0 Å². The van der Waals surface area contributed by atoms with Crippen molar-refractivity contribution in [3.63, 3.8) is 0 Å². The molecule has 1 aliphatic rings. The third-order valence-corrected chi connectivity index (χ3v) is 2.16. The predicted molar refractivity (Wildman–Crippen MR) is 41.9 cm³/mol. The quantitative estimate of drug-likeness (QED) is 0.573. The second-order valence-corrected chi connectivity index (χ2v) is 3.23. The van der Waals surface area contributed by atoms with E-state index in [0.717, 1.165) is 25.2 Å². The highest BCUT2D eigenvalue weighted by Crippen LogP contribution is 2.33. The minimum absolute atomic E-state index is 0.431. The Labute approximate surface area is 62.8 Å². The molecule has 0 aromatic heterocycles. The van der Waals surface area contributed by atoms with Gasteiger partial charge in [0.2, 0.25) is 0 Å². The van der Waals surface area contributed by atoms with E-state index in [-0.39, 0.29) is 0 Å². The van der Waals surface area contributed by atoms with Crippen LogP contribution in [0.1, 0.15) is 45.4 Å². The Bertz CT molecular complexity index is 114. The van der Waals surface area contributed by atoms with Crippen LogP contribution in [-0.2, 0) is 4.79 Å². The number of hydrogen-bond acceptors (Lipinski definition) is 1. The minimum Gasteiger partial charge on any atom is -0.300 e. The van der Waals surface area contributed by atoms with E-state index in [1.165, 1.54) is 19.3 Å². The smallest absolute Gasteiger partial charge is 0.132 e. The first kappa shape index (κ1) is 7.77. The highest BCUT2D eigenvalue weighted by atomic mass is 16.1. The van der Waals surface area contributed by atoms with Crippen LogP contribution >= 0.6 is 0 Å². The van der Waals surface area contributed by atoms with Crippen LogP contribution in [-0.4, -0.2) is 5.78 Å². The molecule has 1 rings (SSSR count). The van der Waals surface area contributed by atoms with Crippen molar-refractivity contribution < 1.29 is 4.79 Å². The lowest BCUT2D eigenvalue weighted by atomic mass is 10.1. The Balaban J connectivity index is 1.88. The molecular weight excluding hydrogens is 124 g/mol. The molecule has 0 aliphatic heterocycles. The van der Waals surface area contributed by atoms with Gasteiger partial charge in [0.15, 0.2) is 0 Å². The van der Waals surface area contributed by atoms with Crippen LogP contribution in [0.4, 0.5) is 0 Å². The van der Waals surface area contributed by atoms with Crippen molar-refractivity contribution in [1.29, 1.82) is 0 Å². The summed E-state index contributed by atoms with van der Waals surface area (Å²) < 4.78 is 0. The molecule has 10 heavy (non-hydrogen) atoms. The highest BCUT2D eigenvalue weighted by Gasteiger charge is 2.20. The van der Waals surface area contributed by atoms with Crippen LogP contribution in [0.2, 0.25) is 0 Å². The predicted octanol–water partition coefficient (Wildman–Crippen LogP) is 2.55. The topological polar surface area (TPSA) is 17.1 Å². The maximum absolute atomic E-state index is 10.8. The second kappa shape index (κ2) is 3.75. The van der Waals surface area contributed by atoms with E-state index >= 15 is 0 Å². The van der Waals surface area contributed by atoms with Crippen molar-refractivity contribution in [3.05, 3.63) is 0 Å². The standard InChI is InChI=1S/C9H16O/c1-2-9(10)5-3-4-8-6-7-8/h8H,2-7H2,1H3. The van der Waals surface area contributed by atoms with Gasteiger partial charge in [0.05, 0.1) is 0 Å². The fourth-order valence-corrected chi connectivity index (χ4v) is 1.17. The monoisotopic (exact) mass is 140 g/mol. The molecule has 0 bridgehead atoms. The van der Waals surface area contributed by atoms with Gasteiger partial charge in [-0.2, -0.15) is 0 Å². The number of Topliss-reactive ketones (excluding diaryl/α,β-unsaturated/α-hetero) is 1. The number of carbonyl (C=O) groups excluding carboxylic acids is 1. The summed E-state index contributed by atoms with van der Waals surface area (Å²) in [5.74, 6) is 1.42. The Morgan fingerprint density at radius 1 is 1.50 bits per heavy atom. The van der Waals surface area contributed by atoms with Crippen LogP contribution in [0.5, 0.6) is 0 Å². The van der Waals surface area contributed by atoms with Crippen LogP contribution in [0, 0.1) is 5.92 Å². The van der Waals surface area contributed by atoms with E-state index in [2.05, 4.69) is 0 Å². The van der Waals surface area contributed by atoms with Crippen molar-refractivity contribution in [2.24, 2.45) is 5.92 Å². The van der Waals surface area contributed by atoms with Gasteiger partial charge in [-0.1, -0.05) is 26.2 Å². The van der Waals surface area contributed by atoms with Crippen LogP contribution in [0.25, 0.3) is 0 Å². The Morgan fingerprint density at radius 2 is 2.20 bits per heavy atom. The lowest BCUT2D eigenvalue weighted by Gasteiger charge is -1.95. The number of rotatable bonds is 5. The van der Waals surface area contributed by atoms with Crippen molar-refractivity contribution >= 4 is 5.78 Å². The second-order valence-electron chi connectivity index (χ2n) is 3.23. The molecule has 0 amide bonds. The summed E-state index contributed by atoms with van der Waals surface area (Å²) in [5.41, 5.74) is 0.